The maximum absolute atomic E-state index is 12.5. The van der Waals surface area contributed by atoms with Crippen LogP contribution in [0.1, 0.15) is 24.8 Å². The molecule has 7 heteroatoms. The van der Waals surface area contributed by atoms with Crippen molar-refractivity contribution in [3.05, 3.63) is 42.0 Å². The maximum Gasteiger partial charge on any atom is 0.238 e. The standard InChI is InChI=1S/C19H24N2O4S/c1-25-17-9-8-15-11-14(6-7-16(15)12-17)13-20-19(22)18-5-3-4-10-21(18)26(2,23)24/h6-9,11-12,18H,3-5,10,13H2,1-2H3,(H,20,22)/t18-/m1/s1. The Bertz CT molecular complexity index is 911. The molecule has 1 aliphatic heterocycles. The second-order valence-corrected chi connectivity index (χ2v) is 8.59. The molecule has 1 aliphatic rings. The average molecular weight is 376 g/mol. The van der Waals surface area contributed by atoms with E-state index in [4.69, 9.17) is 4.74 Å². The first-order chi connectivity index (χ1) is 12.4. The molecule has 0 unspecified atom stereocenters. The van der Waals surface area contributed by atoms with Gasteiger partial charge < -0.3 is 10.1 Å². The number of amides is 1. The lowest BCUT2D eigenvalue weighted by atomic mass is 10.0. The lowest BCUT2D eigenvalue weighted by Crippen LogP contribution is -2.51. The minimum atomic E-state index is -3.38. The number of rotatable bonds is 5. The summed E-state index contributed by atoms with van der Waals surface area (Å²) in [7, 11) is -1.74. The fourth-order valence-corrected chi connectivity index (χ4v) is 4.51. The number of benzene rings is 2. The number of hydrogen-bond acceptors (Lipinski definition) is 4. The first-order valence-electron chi connectivity index (χ1n) is 8.70. The van der Waals surface area contributed by atoms with Gasteiger partial charge in [-0.3, -0.25) is 4.79 Å². The van der Waals surface area contributed by atoms with Crippen LogP contribution in [0.3, 0.4) is 0 Å². The van der Waals surface area contributed by atoms with Crippen LogP contribution in [0.15, 0.2) is 36.4 Å². The van der Waals surface area contributed by atoms with Crippen LogP contribution in [0.25, 0.3) is 10.8 Å². The van der Waals surface area contributed by atoms with Gasteiger partial charge in [-0.05, 0) is 47.4 Å². The number of nitrogens with one attached hydrogen (secondary N) is 1. The summed E-state index contributed by atoms with van der Waals surface area (Å²) in [5.74, 6) is 0.571. The Labute approximate surface area is 154 Å². The summed E-state index contributed by atoms with van der Waals surface area (Å²) in [4.78, 5) is 12.5. The van der Waals surface area contributed by atoms with E-state index in [9.17, 15) is 13.2 Å². The van der Waals surface area contributed by atoms with Crippen LogP contribution >= 0.6 is 0 Å². The van der Waals surface area contributed by atoms with Gasteiger partial charge in [0.05, 0.1) is 13.4 Å². The van der Waals surface area contributed by atoms with E-state index in [1.165, 1.54) is 4.31 Å². The van der Waals surface area contributed by atoms with Crippen LogP contribution in [-0.4, -0.2) is 44.6 Å². The molecular formula is C19H24N2O4S. The third kappa shape index (κ3) is 4.16. The van der Waals surface area contributed by atoms with Gasteiger partial charge in [-0.25, -0.2) is 8.42 Å². The Kier molecular flexibility index (Phi) is 5.48. The average Bonchev–Trinajstić information content (AvgIpc) is 2.64. The molecule has 1 heterocycles. The van der Waals surface area contributed by atoms with Crippen LogP contribution in [0.2, 0.25) is 0 Å². The number of ether oxygens (including phenoxy) is 1. The van der Waals surface area contributed by atoms with E-state index in [0.29, 0.717) is 19.5 Å². The predicted octanol–water partition coefficient (Wildman–Crippen LogP) is 2.28. The lowest BCUT2D eigenvalue weighted by molar-refractivity contribution is -0.125. The van der Waals surface area contributed by atoms with Crippen LogP contribution in [0, 0.1) is 0 Å². The van der Waals surface area contributed by atoms with E-state index in [1.807, 2.05) is 36.4 Å². The summed E-state index contributed by atoms with van der Waals surface area (Å²) in [5, 5.41) is 5.02. The van der Waals surface area contributed by atoms with Crippen molar-refractivity contribution in [3.8, 4) is 5.75 Å². The number of nitrogens with zero attached hydrogens (tertiary/aromatic N) is 1. The largest absolute Gasteiger partial charge is 0.497 e. The van der Waals surface area contributed by atoms with E-state index in [-0.39, 0.29) is 5.91 Å². The quantitative estimate of drug-likeness (QED) is 0.869. The Balaban J connectivity index is 1.69. The topological polar surface area (TPSA) is 75.7 Å². The Morgan fingerprint density at radius 2 is 1.92 bits per heavy atom. The highest BCUT2D eigenvalue weighted by molar-refractivity contribution is 7.88. The van der Waals surface area contributed by atoms with Crippen molar-refractivity contribution in [2.75, 3.05) is 19.9 Å². The van der Waals surface area contributed by atoms with Crippen LogP contribution in [0.4, 0.5) is 0 Å². The van der Waals surface area contributed by atoms with E-state index >= 15 is 0 Å². The van der Waals surface area contributed by atoms with Gasteiger partial charge in [0.25, 0.3) is 0 Å². The van der Waals surface area contributed by atoms with Crippen molar-refractivity contribution in [1.29, 1.82) is 0 Å². The third-order valence-corrected chi connectivity index (χ3v) is 6.05. The van der Waals surface area contributed by atoms with Crippen LogP contribution in [0.5, 0.6) is 5.75 Å². The molecule has 2 aromatic rings. The molecule has 0 bridgehead atoms. The Hall–Kier alpha value is -2.12. The summed E-state index contributed by atoms with van der Waals surface area (Å²) in [6.45, 7) is 0.781. The zero-order chi connectivity index (χ0) is 18.7. The highest BCUT2D eigenvalue weighted by Crippen LogP contribution is 2.23. The molecule has 1 saturated heterocycles. The summed E-state index contributed by atoms with van der Waals surface area (Å²) >= 11 is 0. The van der Waals surface area contributed by atoms with Gasteiger partial charge in [0.15, 0.2) is 0 Å². The molecule has 6 nitrogen and oxygen atoms in total. The predicted molar refractivity (Wildman–Crippen MR) is 102 cm³/mol. The highest BCUT2D eigenvalue weighted by Gasteiger charge is 2.34. The van der Waals surface area contributed by atoms with Crippen molar-refractivity contribution in [1.82, 2.24) is 9.62 Å². The second kappa shape index (κ2) is 7.63. The summed E-state index contributed by atoms with van der Waals surface area (Å²) in [6, 6.07) is 11.2. The van der Waals surface area contributed by atoms with Crippen molar-refractivity contribution in [2.24, 2.45) is 0 Å². The van der Waals surface area contributed by atoms with Crippen molar-refractivity contribution in [2.45, 2.75) is 31.8 Å². The maximum atomic E-state index is 12.5. The normalized spacial score (nSPS) is 18.6. The number of carbonyl (C=O) groups is 1. The molecule has 0 saturated carbocycles. The molecule has 1 fully saturated rings. The first-order valence-corrected chi connectivity index (χ1v) is 10.5. The zero-order valence-electron chi connectivity index (χ0n) is 15.1. The molecular weight excluding hydrogens is 352 g/mol. The number of methoxy groups -OCH3 is 1. The molecule has 1 amide bonds. The van der Waals surface area contributed by atoms with Gasteiger partial charge in [-0.15, -0.1) is 0 Å². The minimum absolute atomic E-state index is 0.232. The lowest BCUT2D eigenvalue weighted by Gasteiger charge is -2.32. The Morgan fingerprint density at radius 1 is 1.19 bits per heavy atom. The molecule has 26 heavy (non-hydrogen) atoms. The number of hydrogen-bond donors (Lipinski definition) is 1. The minimum Gasteiger partial charge on any atom is -0.497 e. The number of carbonyl (C=O) groups excluding carboxylic acids is 1. The molecule has 0 spiro atoms. The number of fused-ring (bicyclic) bond motifs is 1. The van der Waals surface area contributed by atoms with E-state index in [2.05, 4.69) is 5.32 Å². The molecule has 2 aromatic carbocycles. The SMILES string of the molecule is COc1ccc2cc(CNC(=O)[C@H]3CCCCN3S(C)(=O)=O)ccc2c1. The molecule has 1 atom stereocenters. The van der Waals surface area contributed by atoms with Gasteiger partial charge in [0.2, 0.25) is 15.9 Å². The van der Waals surface area contributed by atoms with Gasteiger partial charge in [-0.2, -0.15) is 4.31 Å². The first kappa shape index (κ1) is 18.7. The third-order valence-electron chi connectivity index (χ3n) is 4.76. The number of sulfonamides is 1. The van der Waals surface area contributed by atoms with Crippen LogP contribution in [-0.2, 0) is 21.4 Å². The number of piperidine rings is 1. The van der Waals surface area contributed by atoms with Gasteiger partial charge in [-0.1, -0.05) is 24.6 Å². The Morgan fingerprint density at radius 3 is 2.65 bits per heavy atom. The molecule has 140 valence electrons. The molecule has 1 N–H and O–H groups in total. The highest BCUT2D eigenvalue weighted by atomic mass is 32.2. The van der Waals surface area contributed by atoms with Gasteiger partial charge in [0, 0.05) is 13.1 Å². The monoisotopic (exact) mass is 376 g/mol. The van der Waals surface area contributed by atoms with Crippen molar-refractivity contribution >= 4 is 26.7 Å². The summed E-state index contributed by atoms with van der Waals surface area (Å²) in [5.41, 5.74) is 0.970. The van der Waals surface area contributed by atoms with E-state index in [0.717, 1.165) is 41.2 Å². The zero-order valence-corrected chi connectivity index (χ0v) is 15.9. The smallest absolute Gasteiger partial charge is 0.238 e. The fraction of sp³-hybridized carbons (Fsp3) is 0.421. The van der Waals surface area contributed by atoms with Crippen molar-refractivity contribution < 1.29 is 17.9 Å². The summed E-state index contributed by atoms with van der Waals surface area (Å²) < 4.78 is 30.4. The summed E-state index contributed by atoms with van der Waals surface area (Å²) in [6.07, 6.45) is 3.39. The van der Waals surface area contributed by atoms with E-state index < -0.39 is 16.1 Å². The van der Waals surface area contributed by atoms with Crippen molar-refractivity contribution in [3.63, 3.8) is 0 Å². The van der Waals surface area contributed by atoms with Gasteiger partial charge in [0.1, 0.15) is 11.8 Å². The van der Waals surface area contributed by atoms with Gasteiger partial charge >= 0.3 is 0 Å². The fourth-order valence-electron chi connectivity index (χ4n) is 3.38. The molecule has 3 rings (SSSR count). The molecule has 0 aliphatic carbocycles. The second-order valence-electron chi connectivity index (χ2n) is 6.65. The van der Waals surface area contributed by atoms with E-state index in [1.54, 1.807) is 7.11 Å². The van der Waals surface area contributed by atoms with Crippen LogP contribution < -0.4 is 10.1 Å². The molecule has 0 radical (unpaired) electrons. The molecule has 0 aromatic heterocycles.